The van der Waals surface area contributed by atoms with Crippen molar-refractivity contribution in [1.29, 1.82) is 0 Å². The van der Waals surface area contributed by atoms with Crippen molar-refractivity contribution in [1.82, 2.24) is 9.80 Å². The van der Waals surface area contributed by atoms with Gasteiger partial charge in [0.15, 0.2) is 0 Å². The van der Waals surface area contributed by atoms with Gasteiger partial charge in [-0.3, -0.25) is 4.79 Å². The Bertz CT molecular complexity index is 180. The maximum atomic E-state index is 11.0. The van der Waals surface area contributed by atoms with Crippen molar-refractivity contribution in [3.05, 3.63) is 6.92 Å². The molecule has 1 atom stereocenters. The first kappa shape index (κ1) is 10.5. The predicted octanol–water partition coefficient (Wildman–Crippen LogP) is 0.621. The highest BCUT2D eigenvalue weighted by Gasteiger charge is 2.21. The molecule has 0 bridgehead atoms. The van der Waals surface area contributed by atoms with Crippen molar-refractivity contribution in [3.8, 4) is 0 Å². The van der Waals surface area contributed by atoms with E-state index in [1.807, 2.05) is 4.90 Å². The van der Waals surface area contributed by atoms with Gasteiger partial charge >= 0.3 is 0 Å². The van der Waals surface area contributed by atoms with Crippen molar-refractivity contribution in [2.24, 2.45) is 5.92 Å². The monoisotopic (exact) mass is 183 g/mol. The van der Waals surface area contributed by atoms with Crippen LogP contribution in [0.4, 0.5) is 0 Å². The number of carbonyl (C=O) groups is 1. The third-order valence-corrected chi connectivity index (χ3v) is 2.50. The van der Waals surface area contributed by atoms with Crippen LogP contribution in [0.2, 0.25) is 0 Å². The molecule has 3 heteroatoms. The predicted molar refractivity (Wildman–Crippen MR) is 53.2 cm³/mol. The summed E-state index contributed by atoms with van der Waals surface area (Å²) in [6, 6.07) is 0. The molecular weight excluding hydrogens is 164 g/mol. The Hall–Kier alpha value is -0.570. The van der Waals surface area contributed by atoms with Gasteiger partial charge in [0.25, 0.3) is 0 Å². The first-order valence-electron chi connectivity index (χ1n) is 4.85. The average molecular weight is 183 g/mol. The first-order valence-corrected chi connectivity index (χ1v) is 4.85. The molecule has 1 radical (unpaired) electrons. The number of likely N-dealkylation sites (tertiary alicyclic amines) is 1. The van der Waals surface area contributed by atoms with Crippen LogP contribution < -0.4 is 0 Å². The molecule has 1 unspecified atom stereocenters. The van der Waals surface area contributed by atoms with E-state index in [0.717, 1.165) is 26.1 Å². The summed E-state index contributed by atoms with van der Waals surface area (Å²) in [6.45, 7) is 6.31. The van der Waals surface area contributed by atoms with Gasteiger partial charge in [-0.05, 0) is 32.9 Å². The minimum Gasteiger partial charge on any atom is -0.342 e. The number of nitrogens with zero attached hydrogens (tertiary/aromatic N) is 2. The summed E-state index contributed by atoms with van der Waals surface area (Å²) in [7, 11) is 4.15. The molecular formula is C10H19N2O. The Balaban J connectivity index is 2.37. The lowest BCUT2D eigenvalue weighted by molar-refractivity contribution is -0.128. The quantitative estimate of drug-likeness (QED) is 0.626. The van der Waals surface area contributed by atoms with Gasteiger partial charge in [-0.1, -0.05) is 0 Å². The molecule has 1 heterocycles. The van der Waals surface area contributed by atoms with Gasteiger partial charge in [0.1, 0.15) is 0 Å². The lowest BCUT2D eigenvalue weighted by Gasteiger charge is -2.33. The highest BCUT2D eigenvalue weighted by Crippen LogP contribution is 2.16. The molecule has 0 aromatic heterocycles. The van der Waals surface area contributed by atoms with Crippen LogP contribution in [-0.4, -0.2) is 49.4 Å². The summed E-state index contributed by atoms with van der Waals surface area (Å²) in [5.74, 6) is 0.609. The average Bonchev–Trinajstić information content (AvgIpc) is 2.03. The SMILES string of the molecule is [CH2]C(=O)N1CCCC(CN(C)C)C1. The zero-order valence-corrected chi connectivity index (χ0v) is 8.62. The molecule has 0 aromatic rings. The van der Waals surface area contributed by atoms with Crippen molar-refractivity contribution >= 4 is 5.91 Å². The molecule has 1 rings (SSSR count). The van der Waals surface area contributed by atoms with Gasteiger partial charge in [-0.15, -0.1) is 0 Å². The van der Waals surface area contributed by atoms with Gasteiger partial charge < -0.3 is 9.80 Å². The molecule has 0 spiro atoms. The van der Waals surface area contributed by atoms with Crippen LogP contribution in [0.15, 0.2) is 0 Å². The van der Waals surface area contributed by atoms with E-state index in [4.69, 9.17) is 0 Å². The smallest absolute Gasteiger partial charge is 0.223 e. The Kier molecular flexibility index (Phi) is 3.72. The van der Waals surface area contributed by atoms with Crippen molar-refractivity contribution in [2.75, 3.05) is 33.7 Å². The Morgan fingerprint density at radius 2 is 2.31 bits per heavy atom. The summed E-state index contributed by atoms with van der Waals surface area (Å²) >= 11 is 0. The second kappa shape index (κ2) is 4.61. The lowest BCUT2D eigenvalue weighted by Crippen LogP contribution is -2.41. The molecule has 0 aliphatic carbocycles. The molecule has 0 N–H and O–H groups in total. The normalized spacial score (nSPS) is 23.7. The standard InChI is InChI=1S/C10H19N2O/c1-9(13)12-6-4-5-10(8-12)7-11(2)3/h10H,1,4-8H2,2-3H3. The van der Waals surface area contributed by atoms with E-state index in [1.165, 1.54) is 6.42 Å². The summed E-state index contributed by atoms with van der Waals surface area (Å²) in [4.78, 5) is 15.1. The molecule has 1 aliphatic rings. The van der Waals surface area contributed by atoms with Gasteiger partial charge in [0.05, 0.1) is 0 Å². The van der Waals surface area contributed by atoms with Gasteiger partial charge in [0.2, 0.25) is 5.91 Å². The highest BCUT2D eigenvalue weighted by atomic mass is 16.2. The fraction of sp³-hybridized carbons (Fsp3) is 0.800. The minimum atomic E-state index is -0.0246. The van der Waals surface area contributed by atoms with E-state index < -0.39 is 0 Å². The third-order valence-electron chi connectivity index (χ3n) is 2.50. The fourth-order valence-corrected chi connectivity index (χ4v) is 1.96. The van der Waals surface area contributed by atoms with E-state index in [-0.39, 0.29) is 5.91 Å². The summed E-state index contributed by atoms with van der Waals surface area (Å²) in [6.07, 6.45) is 2.36. The molecule has 1 fully saturated rings. The van der Waals surface area contributed by atoms with Gasteiger partial charge in [0, 0.05) is 26.6 Å². The second-order valence-electron chi connectivity index (χ2n) is 4.11. The molecule has 1 amide bonds. The molecule has 13 heavy (non-hydrogen) atoms. The highest BCUT2D eigenvalue weighted by molar-refractivity contribution is 5.80. The van der Waals surface area contributed by atoms with Gasteiger partial charge in [-0.2, -0.15) is 0 Å². The van der Waals surface area contributed by atoms with Crippen LogP contribution in [0.1, 0.15) is 12.8 Å². The first-order chi connectivity index (χ1) is 6.09. The summed E-state index contributed by atoms with van der Waals surface area (Å²) in [5, 5.41) is 0. The van der Waals surface area contributed by atoms with Crippen LogP contribution in [0.25, 0.3) is 0 Å². The zero-order valence-electron chi connectivity index (χ0n) is 8.62. The maximum absolute atomic E-state index is 11.0. The number of piperidine rings is 1. The maximum Gasteiger partial charge on any atom is 0.223 e. The molecule has 1 aliphatic heterocycles. The summed E-state index contributed by atoms with van der Waals surface area (Å²) < 4.78 is 0. The van der Waals surface area contributed by atoms with E-state index in [9.17, 15) is 4.79 Å². The van der Waals surface area contributed by atoms with Crippen LogP contribution >= 0.6 is 0 Å². The Morgan fingerprint density at radius 3 is 2.85 bits per heavy atom. The van der Waals surface area contributed by atoms with Crippen molar-refractivity contribution in [3.63, 3.8) is 0 Å². The van der Waals surface area contributed by atoms with Crippen LogP contribution in [0, 0.1) is 12.8 Å². The number of carbonyl (C=O) groups excluding carboxylic acids is 1. The number of hydrogen-bond acceptors (Lipinski definition) is 2. The van der Waals surface area contributed by atoms with Crippen LogP contribution in [0.5, 0.6) is 0 Å². The molecule has 3 nitrogen and oxygen atoms in total. The third kappa shape index (κ3) is 3.35. The van der Waals surface area contributed by atoms with Crippen molar-refractivity contribution < 1.29 is 4.79 Å². The zero-order chi connectivity index (χ0) is 9.84. The van der Waals surface area contributed by atoms with E-state index in [2.05, 4.69) is 25.9 Å². The number of rotatable bonds is 2. The topological polar surface area (TPSA) is 23.6 Å². The lowest BCUT2D eigenvalue weighted by atomic mass is 9.98. The molecule has 0 saturated carbocycles. The molecule has 0 aromatic carbocycles. The van der Waals surface area contributed by atoms with Gasteiger partial charge in [-0.25, -0.2) is 0 Å². The Morgan fingerprint density at radius 1 is 1.62 bits per heavy atom. The fourth-order valence-electron chi connectivity index (χ4n) is 1.96. The molecule has 1 saturated heterocycles. The van der Waals surface area contributed by atoms with E-state index in [0.29, 0.717) is 5.92 Å². The van der Waals surface area contributed by atoms with E-state index >= 15 is 0 Å². The molecule has 75 valence electrons. The number of amides is 1. The summed E-state index contributed by atoms with van der Waals surface area (Å²) in [5.41, 5.74) is 0. The van der Waals surface area contributed by atoms with E-state index in [1.54, 1.807) is 0 Å². The van der Waals surface area contributed by atoms with Crippen LogP contribution in [-0.2, 0) is 4.79 Å². The minimum absolute atomic E-state index is 0.0246. The number of hydrogen-bond donors (Lipinski definition) is 0. The second-order valence-corrected chi connectivity index (χ2v) is 4.11. The van der Waals surface area contributed by atoms with Crippen LogP contribution in [0.3, 0.4) is 0 Å². The van der Waals surface area contributed by atoms with Crippen molar-refractivity contribution in [2.45, 2.75) is 12.8 Å². The largest absolute Gasteiger partial charge is 0.342 e. The Labute approximate surface area is 80.7 Å².